The van der Waals surface area contributed by atoms with Crippen LogP contribution in [0.5, 0.6) is 23.0 Å². The number of benzene rings is 2. The van der Waals surface area contributed by atoms with E-state index in [1.165, 1.54) is 6.42 Å². The molecule has 0 spiro atoms. The van der Waals surface area contributed by atoms with Gasteiger partial charge in [-0.05, 0) is 55.0 Å². The number of methoxy groups -OCH3 is 1. The Hall–Kier alpha value is -2.60. The molecule has 1 aromatic heterocycles. The third-order valence-corrected chi connectivity index (χ3v) is 4.98. The number of pyridine rings is 1. The molecule has 0 atom stereocenters. The van der Waals surface area contributed by atoms with Crippen molar-refractivity contribution in [3.63, 3.8) is 0 Å². The molecule has 0 aliphatic heterocycles. The Morgan fingerprint density at radius 1 is 0.931 bits per heavy atom. The predicted molar refractivity (Wildman–Crippen MR) is 122 cm³/mol. The SMILES string of the molecule is CNc1ccc(Oc2ccnc3cc(OCCCCCCS)c(OC)cc23)cc1. The van der Waals surface area contributed by atoms with Crippen molar-refractivity contribution in [2.45, 2.75) is 25.7 Å². The smallest absolute Gasteiger partial charge is 0.163 e. The van der Waals surface area contributed by atoms with Gasteiger partial charge in [-0.1, -0.05) is 12.8 Å². The van der Waals surface area contributed by atoms with E-state index in [1.54, 1.807) is 13.3 Å². The van der Waals surface area contributed by atoms with E-state index in [-0.39, 0.29) is 0 Å². The number of nitrogens with one attached hydrogen (secondary N) is 1. The minimum absolute atomic E-state index is 0.655. The summed E-state index contributed by atoms with van der Waals surface area (Å²) in [6, 6.07) is 13.5. The molecule has 0 amide bonds. The molecule has 154 valence electrons. The van der Waals surface area contributed by atoms with E-state index in [1.807, 2.05) is 49.5 Å². The second-order valence-corrected chi connectivity index (χ2v) is 7.14. The van der Waals surface area contributed by atoms with Crippen LogP contribution in [-0.4, -0.2) is 31.5 Å². The number of rotatable bonds is 11. The van der Waals surface area contributed by atoms with Crippen molar-refractivity contribution >= 4 is 29.2 Å². The van der Waals surface area contributed by atoms with E-state index >= 15 is 0 Å². The molecule has 0 unspecified atom stereocenters. The zero-order valence-electron chi connectivity index (χ0n) is 17.0. The molecular formula is C23H28N2O3S. The quantitative estimate of drug-likeness (QED) is 0.301. The second-order valence-electron chi connectivity index (χ2n) is 6.69. The summed E-state index contributed by atoms with van der Waals surface area (Å²) in [6.07, 6.45) is 6.21. The van der Waals surface area contributed by atoms with Crippen LogP contribution >= 0.6 is 12.6 Å². The second kappa shape index (κ2) is 10.8. The first-order chi connectivity index (χ1) is 14.2. The number of hydrogen-bond acceptors (Lipinski definition) is 6. The van der Waals surface area contributed by atoms with Gasteiger partial charge in [-0.3, -0.25) is 4.98 Å². The Bertz CT molecular complexity index is 916. The average molecular weight is 413 g/mol. The Labute approximate surface area is 177 Å². The number of fused-ring (bicyclic) bond motifs is 1. The fourth-order valence-electron chi connectivity index (χ4n) is 3.06. The number of unbranched alkanes of at least 4 members (excludes halogenated alkanes) is 3. The maximum Gasteiger partial charge on any atom is 0.163 e. The first kappa shape index (κ1) is 21.1. The van der Waals surface area contributed by atoms with E-state index in [2.05, 4.69) is 22.9 Å². The summed E-state index contributed by atoms with van der Waals surface area (Å²) in [5, 5.41) is 3.98. The molecular weight excluding hydrogens is 384 g/mol. The Morgan fingerprint density at radius 2 is 1.72 bits per heavy atom. The highest BCUT2D eigenvalue weighted by Crippen LogP contribution is 2.37. The molecule has 0 radical (unpaired) electrons. The van der Waals surface area contributed by atoms with Crippen LogP contribution in [0, 0.1) is 0 Å². The standard InChI is InChI=1S/C23H28N2O3S/c1-24-17-7-9-18(10-8-17)28-21-11-12-25-20-16-23(22(26-2)15-19(20)21)27-13-5-3-4-6-14-29/h7-12,15-16,24,29H,3-6,13-14H2,1-2H3. The molecule has 1 heterocycles. The van der Waals surface area contributed by atoms with Crippen molar-refractivity contribution in [1.82, 2.24) is 4.98 Å². The van der Waals surface area contributed by atoms with Crippen LogP contribution in [0.15, 0.2) is 48.7 Å². The van der Waals surface area contributed by atoms with E-state index in [0.717, 1.165) is 53.1 Å². The van der Waals surface area contributed by atoms with Gasteiger partial charge in [-0.15, -0.1) is 0 Å². The number of hydrogen-bond donors (Lipinski definition) is 2. The van der Waals surface area contributed by atoms with Crippen molar-refractivity contribution in [3.05, 3.63) is 48.7 Å². The molecule has 3 rings (SSSR count). The van der Waals surface area contributed by atoms with Crippen molar-refractivity contribution in [2.24, 2.45) is 0 Å². The first-order valence-corrected chi connectivity index (χ1v) is 10.5. The molecule has 1 N–H and O–H groups in total. The summed E-state index contributed by atoms with van der Waals surface area (Å²) in [5.41, 5.74) is 1.84. The van der Waals surface area contributed by atoms with Crippen LogP contribution in [0.25, 0.3) is 10.9 Å². The van der Waals surface area contributed by atoms with Gasteiger partial charge in [-0.2, -0.15) is 12.6 Å². The third-order valence-electron chi connectivity index (χ3n) is 4.67. The van der Waals surface area contributed by atoms with Crippen LogP contribution in [0.2, 0.25) is 0 Å². The summed E-state index contributed by atoms with van der Waals surface area (Å²) in [7, 11) is 3.54. The largest absolute Gasteiger partial charge is 0.493 e. The molecule has 5 nitrogen and oxygen atoms in total. The summed E-state index contributed by atoms with van der Waals surface area (Å²) >= 11 is 4.24. The lowest BCUT2D eigenvalue weighted by molar-refractivity contribution is 0.285. The Balaban J connectivity index is 1.77. The van der Waals surface area contributed by atoms with Crippen molar-refractivity contribution in [2.75, 3.05) is 31.8 Å². The minimum atomic E-state index is 0.655. The Kier molecular flexibility index (Phi) is 7.87. The van der Waals surface area contributed by atoms with Gasteiger partial charge in [0.25, 0.3) is 0 Å². The summed E-state index contributed by atoms with van der Waals surface area (Å²) in [4.78, 5) is 4.48. The highest BCUT2D eigenvalue weighted by atomic mass is 32.1. The molecule has 0 bridgehead atoms. The van der Waals surface area contributed by atoms with Crippen LogP contribution in [-0.2, 0) is 0 Å². The molecule has 29 heavy (non-hydrogen) atoms. The minimum Gasteiger partial charge on any atom is -0.493 e. The number of ether oxygens (including phenoxy) is 3. The highest BCUT2D eigenvalue weighted by molar-refractivity contribution is 7.80. The van der Waals surface area contributed by atoms with Crippen molar-refractivity contribution < 1.29 is 14.2 Å². The van der Waals surface area contributed by atoms with Gasteiger partial charge < -0.3 is 19.5 Å². The lowest BCUT2D eigenvalue weighted by atomic mass is 10.1. The monoisotopic (exact) mass is 412 g/mol. The molecule has 0 aliphatic carbocycles. The molecule has 6 heteroatoms. The van der Waals surface area contributed by atoms with E-state index in [9.17, 15) is 0 Å². The normalized spacial score (nSPS) is 10.7. The van der Waals surface area contributed by atoms with Gasteiger partial charge >= 0.3 is 0 Å². The fraction of sp³-hybridized carbons (Fsp3) is 0.348. The summed E-state index contributed by atoms with van der Waals surface area (Å²) in [5.74, 6) is 3.81. The molecule has 3 aromatic rings. The van der Waals surface area contributed by atoms with Gasteiger partial charge in [0.05, 0.1) is 19.2 Å². The van der Waals surface area contributed by atoms with Crippen molar-refractivity contribution in [3.8, 4) is 23.0 Å². The zero-order chi connectivity index (χ0) is 20.5. The molecule has 0 fully saturated rings. The number of aromatic nitrogens is 1. The predicted octanol–water partition coefficient (Wildman–Crippen LogP) is 5.95. The molecule has 0 saturated heterocycles. The third kappa shape index (κ3) is 5.70. The van der Waals surface area contributed by atoms with Crippen LogP contribution in [0.3, 0.4) is 0 Å². The summed E-state index contributed by atoms with van der Waals surface area (Å²) in [6.45, 7) is 0.655. The number of nitrogens with zero attached hydrogens (tertiary/aromatic N) is 1. The zero-order valence-corrected chi connectivity index (χ0v) is 17.9. The topological polar surface area (TPSA) is 52.6 Å². The van der Waals surface area contributed by atoms with Gasteiger partial charge in [0, 0.05) is 30.4 Å². The maximum absolute atomic E-state index is 6.10. The van der Waals surface area contributed by atoms with Crippen LogP contribution in [0.1, 0.15) is 25.7 Å². The lowest BCUT2D eigenvalue weighted by Gasteiger charge is -2.14. The first-order valence-electron chi connectivity index (χ1n) is 9.91. The van der Waals surface area contributed by atoms with Gasteiger partial charge in [-0.25, -0.2) is 0 Å². The summed E-state index contributed by atoms with van der Waals surface area (Å²) < 4.78 is 17.6. The maximum atomic E-state index is 6.10. The van der Waals surface area contributed by atoms with E-state index in [4.69, 9.17) is 14.2 Å². The van der Waals surface area contributed by atoms with E-state index in [0.29, 0.717) is 18.1 Å². The average Bonchev–Trinajstić information content (AvgIpc) is 2.76. The molecule has 0 saturated carbocycles. The highest BCUT2D eigenvalue weighted by Gasteiger charge is 2.12. The van der Waals surface area contributed by atoms with Crippen LogP contribution < -0.4 is 19.5 Å². The van der Waals surface area contributed by atoms with Gasteiger partial charge in [0.15, 0.2) is 11.5 Å². The van der Waals surface area contributed by atoms with Gasteiger partial charge in [0.1, 0.15) is 11.5 Å². The van der Waals surface area contributed by atoms with Gasteiger partial charge in [0.2, 0.25) is 0 Å². The number of anilines is 1. The fourth-order valence-corrected chi connectivity index (χ4v) is 3.28. The van der Waals surface area contributed by atoms with Crippen molar-refractivity contribution in [1.29, 1.82) is 0 Å². The number of thiol groups is 1. The Morgan fingerprint density at radius 3 is 2.45 bits per heavy atom. The van der Waals surface area contributed by atoms with E-state index < -0.39 is 0 Å². The molecule has 0 aliphatic rings. The van der Waals surface area contributed by atoms with Crippen LogP contribution in [0.4, 0.5) is 5.69 Å². The lowest BCUT2D eigenvalue weighted by Crippen LogP contribution is -2.00. The molecule has 2 aromatic carbocycles.